The van der Waals surface area contributed by atoms with Crippen LogP contribution in [0.25, 0.3) is 0 Å². The van der Waals surface area contributed by atoms with Crippen molar-refractivity contribution in [1.82, 2.24) is 4.90 Å². The zero-order valence-corrected chi connectivity index (χ0v) is 12.8. The number of halogens is 1. The van der Waals surface area contributed by atoms with E-state index in [2.05, 4.69) is 15.9 Å². The van der Waals surface area contributed by atoms with Gasteiger partial charge >= 0.3 is 5.97 Å². The second kappa shape index (κ2) is 6.91. The summed E-state index contributed by atoms with van der Waals surface area (Å²) in [5.41, 5.74) is 0. The predicted octanol–water partition coefficient (Wildman–Crippen LogP) is 1.26. The van der Waals surface area contributed by atoms with E-state index in [1.807, 2.05) is 12.1 Å². The van der Waals surface area contributed by atoms with E-state index in [1.165, 1.54) is 4.90 Å². The zero-order valence-electron chi connectivity index (χ0n) is 11.2. The Bertz CT molecular complexity index is 519. The Labute approximate surface area is 130 Å². The Kier molecular flexibility index (Phi) is 5.19. The van der Waals surface area contributed by atoms with E-state index in [4.69, 9.17) is 9.84 Å². The fraction of sp³-hybridized carbons (Fsp3) is 0.429. The number of β-amino-alcohol motifs (C(OH)–C–C–N with tert-alkyl or cyclic N) is 1. The summed E-state index contributed by atoms with van der Waals surface area (Å²) in [6, 6.07) is 6.26. The van der Waals surface area contributed by atoms with Crippen molar-refractivity contribution < 1.29 is 24.5 Å². The first-order valence-electron chi connectivity index (χ1n) is 6.56. The minimum absolute atomic E-state index is 0.0636. The molecule has 0 radical (unpaired) electrons. The van der Waals surface area contributed by atoms with Crippen LogP contribution in [0.5, 0.6) is 5.75 Å². The number of nitrogens with zero attached hydrogens (tertiary/aromatic N) is 1. The van der Waals surface area contributed by atoms with Crippen molar-refractivity contribution in [2.75, 3.05) is 13.2 Å². The first kappa shape index (κ1) is 15.8. The maximum absolute atomic E-state index is 12.0. The highest BCUT2D eigenvalue weighted by atomic mass is 79.9. The zero-order chi connectivity index (χ0) is 15.4. The molecule has 0 aliphatic carbocycles. The molecular formula is C14H16BrNO5. The number of carboxylic acids is 1. The maximum atomic E-state index is 12.0. The summed E-state index contributed by atoms with van der Waals surface area (Å²) < 4.78 is 6.37. The number of aliphatic hydroxyl groups is 1. The van der Waals surface area contributed by atoms with Crippen LogP contribution in [0.15, 0.2) is 28.7 Å². The molecule has 1 fully saturated rings. The molecule has 7 heteroatoms. The number of hydrogen-bond acceptors (Lipinski definition) is 4. The average molecular weight is 358 g/mol. The van der Waals surface area contributed by atoms with Gasteiger partial charge in [-0.25, -0.2) is 4.79 Å². The van der Waals surface area contributed by atoms with Gasteiger partial charge in [0.1, 0.15) is 11.8 Å². The highest BCUT2D eigenvalue weighted by Crippen LogP contribution is 2.20. The maximum Gasteiger partial charge on any atom is 0.326 e. The molecule has 1 heterocycles. The van der Waals surface area contributed by atoms with Gasteiger partial charge in [-0.05, 0) is 24.3 Å². The quantitative estimate of drug-likeness (QED) is 0.828. The van der Waals surface area contributed by atoms with Crippen LogP contribution in [-0.4, -0.2) is 52.3 Å². The first-order valence-corrected chi connectivity index (χ1v) is 7.35. The van der Waals surface area contributed by atoms with Crippen LogP contribution in [-0.2, 0) is 9.59 Å². The lowest BCUT2D eigenvalue weighted by molar-refractivity contribution is -0.148. The standard InChI is InChI=1S/C14H16BrNO5/c15-9-1-3-11(4-2-9)21-6-5-13(18)16-8-10(17)7-12(16)14(19)20/h1-4,10,12,17H,5-8H2,(H,19,20)/t10-,12-/m0/s1. The smallest absolute Gasteiger partial charge is 0.326 e. The lowest BCUT2D eigenvalue weighted by Gasteiger charge is -2.21. The van der Waals surface area contributed by atoms with Gasteiger partial charge in [0.2, 0.25) is 5.91 Å². The van der Waals surface area contributed by atoms with Crippen molar-refractivity contribution >= 4 is 27.8 Å². The fourth-order valence-electron chi connectivity index (χ4n) is 2.25. The number of carboxylic acid groups (broad SMARTS) is 1. The molecule has 1 aliphatic heterocycles. The Balaban J connectivity index is 1.84. The molecular weight excluding hydrogens is 342 g/mol. The van der Waals surface area contributed by atoms with Crippen LogP contribution in [0.2, 0.25) is 0 Å². The van der Waals surface area contributed by atoms with Crippen molar-refractivity contribution in [1.29, 1.82) is 0 Å². The number of aliphatic carboxylic acids is 1. The monoisotopic (exact) mass is 357 g/mol. The first-order chi connectivity index (χ1) is 9.97. The van der Waals surface area contributed by atoms with Crippen molar-refractivity contribution in [3.05, 3.63) is 28.7 Å². The van der Waals surface area contributed by atoms with E-state index in [0.29, 0.717) is 5.75 Å². The molecule has 6 nitrogen and oxygen atoms in total. The van der Waals surface area contributed by atoms with E-state index in [-0.39, 0.29) is 31.9 Å². The lowest BCUT2D eigenvalue weighted by Crippen LogP contribution is -2.41. The number of carbonyl (C=O) groups is 2. The fourth-order valence-corrected chi connectivity index (χ4v) is 2.52. The summed E-state index contributed by atoms with van der Waals surface area (Å²) in [5, 5.41) is 18.5. The molecule has 2 rings (SSSR count). The molecule has 0 aromatic heterocycles. The Morgan fingerprint density at radius 1 is 1.33 bits per heavy atom. The van der Waals surface area contributed by atoms with Crippen LogP contribution in [0.1, 0.15) is 12.8 Å². The van der Waals surface area contributed by atoms with Gasteiger partial charge in [-0.15, -0.1) is 0 Å². The van der Waals surface area contributed by atoms with E-state index in [9.17, 15) is 14.7 Å². The average Bonchev–Trinajstić information content (AvgIpc) is 2.83. The highest BCUT2D eigenvalue weighted by Gasteiger charge is 2.38. The molecule has 0 unspecified atom stereocenters. The summed E-state index contributed by atoms with van der Waals surface area (Å²) in [5.74, 6) is -0.771. The lowest BCUT2D eigenvalue weighted by atomic mass is 10.2. The molecule has 0 saturated carbocycles. The SMILES string of the molecule is O=C(O)[C@@H]1C[C@H](O)CN1C(=O)CCOc1ccc(Br)cc1. The molecule has 1 aromatic carbocycles. The number of likely N-dealkylation sites (tertiary alicyclic amines) is 1. The molecule has 1 aromatic rings. The summed E-state index contributed by atoms with van der Waals surface area (Å²) in [6.45, 7) is 0.230. The normalized spacial score (nSPS) is 21.3. The summed E-state index contributed by atoms with van der Waals surface area (Å²) >= 11 is 3.31. The second-order valence-electron chi connectivity index (χ2n) is 4.84. The Morgan fingerprint density at radius 2 is 2.00 bits per heavy atom. The number of amides is 1. The van der Waals surface area contributed by atoms with Crippen molar-refractivity contribution in [3.63, 3.8) is 0 Å². The third-order valence-electron chi connectivity index (χ3n) is 3.28. The van der Waals surface area contributed by atoms with Gasteiger partial charge in [0.25, 0.3) is 0 Å². The number of carbonyl (C=O) groups excluding carboxylic acids is 1. The van der Waals surface area contributed by atoms with Crippen molar-refractivity contribution in [3.8, 4) is 5.75 Å². The highest BCUT2D eigenvalue weighted by molar-refractivity contribution is 9.10. The van der Waals surface area contributed by atoms with Crippen LogP contribution >= 0.6 is 15.9 Å². The molecule has 2 atom stereocenters. The second-order valence-corrected chi connectivity index (χ2v) is 5.76. The molecule has 21 heavy (non-hydrogen) atoms. The molecule has 0 bridgehead atoms. The topological polar surface area (TPSA) is 87.1 Å². The number of benzene rings is 1. The van der Waals surface area contributed by atoms with E-state index in [1.54, 1.807) is 12.1 Å². The van der Waals surface area contributed by atoms with Gasteiger partial charge in [0.05, 0.1) is 19.1 Å². The Morgan fingerprint density at radius 3 is 2.62 bits per heavy atom. The number of aliphatic hydroxyl groups excluding tert-OH is 1. The van der Waals surface area contributed by atoms with Gasteiger partial charge in [0, 0.05) is 17.4 Å². The molecule has 1 aliphatic rings. The van der Waals surface area contributed by atoms with E-state index >= 15 is 0 Å². The van der Waals surface area contributed by atoms with Gasteiger partial charge in [0.15, 0.2) is 0 Å². The van der Waals surface area contributed by atoms with Gasteiger partial charge in [-0.3, -0.25) is 4.79 Å². The van der Waals surface area contributed by atoms with Crippen LogP contribution < -0.4 is 4.74 Å². The molecule has 114 valence electrons. The largest absolute Gasteiger partial charge is 0.493 e. The number of rotatable bonds is 5. The molecule has 1 amide bonds. The predicted molar refractivity (Wildman–Crippen MR) is 78.0 cm³/mol. The van der Waals surface area contributed by atoms with Crippen LogP contribution in [0, 0.1) is 0 Å². The third-order valence-corrected chi connectivity index (χ3v) is 3.81. The van der Waals surface area contributed by atoms with Gasteiger partial charge in [-0.2, -0.15) is 0 Å². The summed E-state index contributed by atoms with van der Waals surface area (Å²) in [6.07, 6.45) is -0.622. The van der Waals surface area contributed by atoms with Crippen molar-refractivity contribution in [2.45, 2.75) is 25.0 Å². The van der Waals surface area contributed by atoms with Gasteiger partial charge in [-0.1, -0.05) is 15.9 Å². The number of ether oxygens (including phenoxy) is 1. The van der Waals surface area contributed by atoms with Crippen molar-refractivity contribution in [2.24, 2.45) is 0 Å². The molecule has 0 spiro atoms. The minimum Gasteiger partial charge on any atom is -0.493 e. The van der Waals surface area contributed by atoms with E-state index in [0.717, 1.165) is 4.47 Å². The third kappa shape index (κ3) is 4.18. The summed E-state index contributed by atoms with van der Waals surface area (Å²) in [4.78, 5) is 24.3. The number of hydrogen-bond donors (Lipinski definition) is 2. The van der Waals surface area contributed by atoms with E-state index < -0.39 is 18.1 Å². The molecule has 2 N–H and O–H groups in total. The minimum atomic E-state index is -1.09. The van der Waals surface area contributed by atoms with Crippen LogP contribution in [0.4, 0.5) is 0 Å². The van der Waals surface area contributed by atoms with Crippen LogP contribution in [0.3, 0.4) is 0 Å². The summed E-state index contributed by atoms with van der Waals surface area (Å²) in [7, 11) is 0. The van der Waals surface area contributed by atoms with Gasteiger partial charge < -0.3 is 19.8 Å². The Hall–Kier alpha value is -1.60. The molecule has 1 saturated heterocycles.